The molecule has 0 aromatic rings. The predicted octanol–water partition coefficient (Wildman–Crippen LogP) is 0.586. The van der Waals surface area contributed by atoms with Crippen molar-refractivity contribution in [3.8, 4) is 0 Å². The largest absolute Gasteiger partial charge is 0.395 e. The summed E-state index contributed by atoms with van der Waals surface area (Å²) in [6.07, 6.45) is 4.77. The highest BCUT2D eigenvalue weighted by atomic mass is 16.5. The van der Waals surface area contributed by atoms with E-state index in [-0.39, 0.29) is 18.7 Å². The van der Waals surface area contributed by atoms with Crippen molar-refractivity contribution in [1.29, 1.82) is 0 Å². The first kappa shape index (κ1) is 13.9. The Morgan fingerprint density at radius 3 is 2.75 bits per heavy atom. The molecule has 16 heavy (non-hydrogen) atoms. The first-order valence-corrected chi connectivity index (χ1v) is 6.37. The van der Waals surface area contributed by atoms with Gasteiger partial charge < -0.3 is 15.6 Å². The number of rotatable bonds is 6. The van der Waals surface area contributed by atoms with Crippen molar-refractivity contribution in [1.82, 2.24) is 4.90 Å². The molecule has 0 aliphatic carbocycles. The summed E-state index contributed by atoms with van der Waals surface area (Å²) < 4.78 is 5.69. The first-order chi connectivity index (χ1) is 7.69. The minimum absolute atomic E-state index is 0.0404. The highest BCUT2D eigenvalue weighted by Crippen LogP contribution is 2.15. The van der Waals surface area contributed by atoms with E-state index in [4.69, 9.17) is 10.5 Å². The maximum absolute atomic E-state index is 9.36. The van der Waals surface area contributed by atoms with Crippen LogP contribution in [0.25, 0.3) is 0 Å². The summed E-state index contributed by atoms with van der Waals surface area (Å²) in [5.41, 5.74) is 5.99. The molecule has 0 aromatic carbocycles. The molecule has 1 fully saturated rings. The van der Waals surface area contributed by atoms with Crippen LogP contribution in [0.1, 0.15) is 32.6 Å². The lowest BCUT2D eigenvalue weighted by Crippen LogP contribution is -2.50. The SMILES string of the molecule is CCC(N)C(CO)N(C)CC1CCCCO1. The Bertz CT molecular complexity index is 184. The highest BCUT2D eigenvalue weighted by molar-refractivity contribution is 4.81. The van der Waals surface area contributed by atoms with Crippen molar-refractivity contribution in [3.05, 3.63) is 0 Å². The first-order valence-electron chi connectivity index (χ1n) is 6.37. The number of hydrogen-bond acceptors (Lipinski definition) is 4. The normalized spacial score (nSPS) is 25.7. The van der Waals surface area contributed by atoms with Crippen molar-refractivity contribution in [2.75, 3.05) is 26.8 Å². The van der Waals surface area contributed by atoms with Gasteiger partial charge in [-0.25, -0.2) is 0 Å². The van der Waals surface area contributed by atoms with Gasteiger partial charge in [-0.2, -0.15) is 0 Å². The van der Waals surface area contributed by atoms with E-state index in [9.17, 15) is 5.11 Å². The standard InChI is InChI=1S/C12H26N2O2/c1-3-11(13)12(9-15)14(2)8-10-6-4-5-7-16-10/h10-12,15H,3-9,13H2,1-2H3. The molecule has 1 saturated heterocycles. The molecule has 0 bridgehead atoms. The lowest BCUT2D eigenvalue weighted by atomic mass is 10.0. The number of aliphatic hydroxyl groups is 1. The second kappa shape index (κ2) is 7.22. The molecule has 4 nitrogen and oxygen atoms in total. The van der Waals surface area contributed by atoms with Crippen LogP contribution in [-0.4, -0.2) is 55.0 Å². The van der Waals surface area contributed by atoms with E-state index in [1.54, 1.807) is 0 Å². The van der Waals surface area contributed by atoms with Crippen LogP contribution in [0.5, 0.6) is 0 Å². The highest BCUT2D eigenvalue weighted by Gasteiger charge is 2.24. The Hall–Kier alpha value is -0.160. The van der Waals surface area contributed by atoms with Gasteiger partial charge in [0, 0.05) is 25.2 Å². The molecule has 0 aromatic heterocycles. The number of hydrogen-bond donors (Lipinski definition) is 2. The van der Waals surface area contributed by atoms with Crippen LogP contribution in [0.15, 0.2) is 0 Å². The Kier molecular flexibility index (Phi) is 6.28. The molecule has 96 valence electrons. The van der Waals surface area contributed by atoms with Gasteiger partial charge in [-0.05, 0) is 32.7 Å². The van der Waals surface area contributed by atoms with Crippen molar-refractivity contribution in [2.24, 2.45) is 5.73 Å². The van der Waals surface area contributed by atoms with Crippen molar-refractivity contribution in [3.63, 3.8) is 0 Å². The molecule has 1 heterocycles. The van der Waals surface area contributed by atoms with Gasteiger partial charge in [-0.15, -0.1) is 0 Å². The van der Waals surface area contributed by atoms with E-state index in [1.165, 1.54) is 12.8 Å². The average Bonchev–Trinajstić information content (AvgIpc) is 2.31. The summed E-state index contributed by atoms with van der Waals surface area (Å²) in [5.74, 6) is 0. The lowest BCUT2D eigenvalue weighted by molar-refractivity contribution is -0.0152. The van der Waals surface area contributed by atoms with Gasteiger partial charge in [0.2, 0.25) is 0 Å². The topological polar surface area (TPSA) is 58.7 Å². The van der Waals surface area contributed by atoms with Crippen molar-refractivity contribution >= 4 is 0 Å². The van der Waals surface area contributed by atoms with Gasteiger partial charge in [0.25, 0.3) is 0 Å². The van der Waals surface area contributed by atoms with Crippen LogP contribution in [0.3, 0.4) is 0 Å². The summed E-state index contributed by atoms with van der Waals surface area (Å²) in [6.45, 7) is 3.93. The monoisotopic (exact) mass is 230 g/mol. The van der Waals surface area contributed by atoms with Crippen LogP contribution >= 0.6 is 0 Å². The second-order valence-corrected chi connectivity index (χ2v) is 4.75. The lowest BCUT2D eigenvalue weighted by Gasteiger charge is -2.34. The molecule has 3 N–H and O–H groups in total. The molecule has 0 radical (unpaired) electrons. The smallest absolute Gasteiger partial charge is 0.0702 e. The van der Waals surface area contributed by atoms with Crippen LogP contribution in [-0.2, 0) is 4.74 Å². The fourth-order valence-corrected chi connectivity index (χ4v) is 2.28. The molecule has 3 unspecified atom stereocenters. The summed E-state index contributed by atoms with van der Waals surface area (Å²) in [6, 6.07) is 0.0918. The van der Waals surface area contributed by atoms with Gasteiger partial charge in [0.05, 0.1) is 12.7 Å². The third kappa shape index (κ3) is 4.01. The van der Waals surface area contributed by atoms with Gasteiger partial charge in [-0.1, -0.05) is 6.92 Å². The average molecular weight is 230 g/mol. The molecule has 1 aliphatic heterocycles. The summed E-state index contributed by atoms with van der Waals surface area (Å²) in [7, 11) is 2.02. The molecule has 0 saturated carbocycles. The molecule has 3 atom stereocenters. The number of ether oxygens (including phenoxy) is 1. The van der Waals surface area contributed by atoms with Crippen molar-refractivity contribution < 1.29 is 9.84 Å². The van der Waals surface area contributed by atoms with E-state index in [0.29, 0.717) is 6.10 Å². The van der Waals surface area contributed by atoms with E-state index >= 15 is 0 Å². The molecule has 4 heteroatoms. The van der Waals surface area contributed by atoms with Gasteiger partial charge in [0.1, 0.15) is 0 Å². The Morgan fingerprint density at radius 2 is 2.25 bits per heavy atom. The van der Waals surface area contributed by atoms with Crippen LogP contribution in [0.2, 0.25) is 0 Å². The molecule has 0 amide bonds. The van der Waals surface area contributed by atoms with Gasteiger partial charge in [0.15, 0.2) is 0 Å². The third-order valence-electron chi connectivity index (χ3n) is 3.48. The fourth-order valence-electron chi connectivity index (χ4n) is 2.28. The molecular formula is C12H26N2O2. The number of aliphatic hydroxyl groups excluding tert-OH is 1. The summed E-state index contributed by atoms with van der Waals surface area (Å²) >= 11 is 0. The minimum atomic E-state index is 0.0404. The molecule has 1 rings (SSSR count). The van der Waals surface area contributed by atoms with Gasteiger partial charge in [-0.3, -0.25) is 4.90 Å². The van der Waals surface area contributed by atoms with Crippen LogP contribution in [0.4, 0.5) is 0 Å². The Labute approximate surface area is 98.8 Å². The zero-order valence-electron chi connectivity index (χ0n) is 10.6. The Balaban J connectivity index is 2.38. The Morgan fingerprint density at radius 1 is 1.50 bits per heavy atom. The minimum Gasteiger partial charge on any atom is -0.395 e. The maximum Gasteiger partial charge on any atom is 0.0702 e. The van der Waals surface area contributed by atoms with E-state index in [0.717, 1.165) is 26.0 Å². The zero-order chi connectivity index (χ0) is 12.0. The predicted molar refractivity (Wildman–Crippen MR) is 65.4 cm³/mol. The molecule has 0 spiro atoms. The molecular weight excluding hydrogens is 204 g/mol. The number of nitrogens with zero attached hydrogens (tertiary/aromatic N) is 1. The van der Waals surface area contributed by atoms with Crippen LogP contribution in [0, 0.1) is 0 Å². The third-order valence-corrected chi connectivity index (χ3v) is 3.48. The zero-order valence-corrected chi connectivity index (χ0v) is 10.6. The van der Waals surface area contributed by atoms with Gasteiger partial charge >= 0.3 is 0 Å². The van der Waals surface area contributed by atoms with Crippen molar-refractivity contribution in [2.45, 2.75) is 50.8 Å². The number of likely N-dealkylation sites (N-methyl/N-ethyl adjacent to an activating group) is 1. The summed E-state index contributed by atoms with van der Waals surface area (Å²) in [4.78, 5) is 2.14. The maximum atomic E-state index is 9.36. The quantitative estimate of drug-likeness (QED) is 0.701. The van der Waals surface area contributed by atoms with E-state index in [2.05, 4.69) is 11.8 Å². The second-order valence-electron chi connectivity index (χ2n) is 4.75. The fraction of sp³-hybridized carbons (Fsp3) is 1.00. The molecule has 1 aliphatic rings. The summed E-state index contributed by atoms with van der Waals surface area (Å²) in [5, 5.41) is 9.36. The van der Waals surface area contributed by atoms with E-state index < -0.39 is 0 Å². The van der Waals surface area contributed by atoms with E-state index in [1.807, 2.05) is 7.05 Å². The number of nitrogens with two attached hydrogens (primary N) is 1. The van der Waals surface area contributed by atoms with Crippen LogP contribution < -0.4 is 5.73 Å².